The topological polar surface area (TPSA) is 110 Å². The number of rotatable bonds is 9. The Morgan fingerprint density at radius 3 is 2.29 bits per heavy atom. The highest BCUT2D eigenvalue weighted by molar-refractivity contribution is 6.27. The van der Waals surface area contributed by atoms with Crippen LogP contribution in [0.3, 0.4) is 0 Å². The van der Waals surface area contributed by atoms with E-state index < -0.39 is 29.6 Å². The number of nitrogens with one attached hydrogen (secondary N) is 1. The zero-order chi connectivity index (χ0) is 22.9. The van der Waals surface area contributed by atoms with Crippen molar-refractivity contribution in [2.24, 2.45) is 0 Å². The number of nitrogens with zero attached hydrogens (tertiary/aromatic N) is 2. The van der Waals surface area contributed by atoms with Gasteiger partial charge in [0.2, 0.25) is 0 Å². The van der Waals surface area contributed by atoms with Gasteiger partial charge in [-0.15, -0.1) is 0 Å². The minimum Gasteiger partial charge on any atom is -0.497 e. The first-order valence-corrected chi connectivity index (χ1v) is 9.74. The van der Waals surface area contributed by atoms with Gasteiger partial charge in [0, 0.05) is 0 Å². The number of alkyl carbamates (subject to hydrolysis) is 1. The third-order valence-corrected chi connectivity index (χ3v) is 4.19. The van der Waals surface area contributed by atoms with E-state index in [1.165, 1.54) is 0 Å². The first-order valence-electron chi connectivity index (χ1n) is 9.74. The van der Waals surface area contributed by atoms with Gasteiger partial charge in [0.25, 0.3) is 5.78 Å². The van der Waals surface area contributed by atoms with Gasteiger partial charge in [-0.05, 0) is 44.0 Å². The Labute approximate surface area is 181 Å². The van der Waals surface area contributed by atoms with Crippen molar-refractivity contribution in [3.63, 3.8) is 0 Å². The summed E-state index contributed by atoms with van der Waals surface area (Å²) in [5.41, 5.74) is 9.59. The Hall–Kier alpha value is -3.48. The van der Waals surface area contributed by atoms with Crippen LogP contribution >= 0.6 is 0 Å². The van der Waals surface area contributed by atoms with Crippen LogP contribution in [-0.4, -0.2) is 41.7 Å². The van der Waals surface area contributed by atoms with E-state index in [-0.39, 0.29) is 6.61 Å². The minimum atomic E-state index is -1.17. The van der Waals surface area contributed by atoms with Crippen molar-refractivity contribution in [3.05, 3.63) is 71.3 Å². The lowest BCUT2D eigenvalue weighted by molar-refractivity contribution is -0.129. The Balaban J connectivity index is 2.38. The molecule has 1 N–H and O–H groups in total. The largest absolute Gasteiger partial charge is 0.497 e. The number of amides is 1. The van der Waals surface area contributed by atoms with Crippen LogP contribution in [0.5, 0.6) is 5.75 Å². The smallest absolute Gasteiger partial charge is 0.408 e. The van der Waals surface area contributed by atoms with Gasteiger partial charge in [-0.3, -0.25) is 4.79 Å². The molecule has 31 heavy (non-hydrogen) atoms. The Bertz CT molecular complexity index is 916. The lowest BCUT2D eigenvalue weighted by Gasteiger charge is -2.28. The third-order valence-electron chi connectivity index (χ3n) is 4.19. The molecule has 0 radical (unpaired) electrons. The molecular weight excluding hydrogens is 398 g/mol. The van der Waals surface area contributed by atoms with E-state index in [2.05, 4.69) is 10.1 Å². The molecule has 0 aliphatic rings. The maximum atomic E-state index is 12.7. The number of hydrogen-bond donors (Lipinski definition) is 1. The number of Topliss-reactive ketones (excluding diaryl/α,β-unsaturated/α-hetero) is 1. The van der Waals surface area contributed by atoms with Crippen LogP contribution < -0.4 is 10.1 Å². The molecule has 2 atom stereocenters. The fourth-order valence-electron chi connectivity index (χ4n) is 2.81. The van der Waals surface area contributed by atoms with Crippen LogP contribution in [0, 0.1) is 0 Å². The minimum absolute atomic E-state index is 0.110. The summed E-state index contributed by atoms with van der Waals surface area (Å²) < 4.78 is 16.4. The predicted molar refractivity (Wildman–Crippen MR) is 115 cm³/mol. The molecule has 0 heterocycles. The van der Waals surface area contributed by atoms with Crippen molar-refractivity contribution < 1.29 is 28.6 Å². The quantitative estimate of drug-likeness (QED) is 0.374. The van der Waals surface area contributed by atoms with Gasteiger partial charge >= 0.3 is 12.3 Å². The monoisotopic (exact) mass is 425 g/mol. The van der Waals surface area contributed by atoms with Gasteiger partial charge in [0.1, 0.15) is 11.4 Å². The van der Waals surface area contributed by atoms with Crippen molar-refractivity contribution in [1.82, 2.24) is 5.32 Å². The molecule has 2 aromatic rings. The summed E-state index contributed by atoms with van der Waals surface area (Å²) in [5.74, 6) is 0.0000713. The number of carbonyl (C=O) groups is 2. The second-order valence-electron chi connectivity index (χ2n) is 7.76. The molecular formula is C23H27N3O5. The van der Waals surface area contributed by atoms with Crippen LogP contribution in [0.25, 0.3) is 5.53 Å². The molecule has 0 aromatic heterocycles. The van der Waals surface area contributed by atoms with E-state index in [4.69, 9.17) is 19.7 Å². The van der Waals surface area contributed by atoms with Gasteiger partial charge in [-0.1, -0.05) is 42.5 Å². The van der Waals surface area contributed by atoms with E-state index in [1.54, 1.807) is 52.1 Å². The molecule has 0 spiro atoms. The number of carbonyl (C=O) groups excluding carboxylic acids is 2. The molecule has 0 saturated heterocycles. The van der Waals surface area contributed by atoms with E-state index in [0.717, 1.165) is 11.8 Å². The number of ether oxygens (including phenoxy) is 3. The maximum Gasteiger partial charge on any atom is 0.408 e. The van der Waals surface area contributed by atoms with Gasteiger partial charge in [-0.25, -0.2) is 4.79 Å². The summed E-state index contributed by atoms with van der Waals surface area (Å²) >= 11 is 0. The van der Waals surface area contributed by atoms with Crippen LogP contribution in [0.4, 0.5) is 4.79 Å². The number of hydrogen-bond acceptors (Lipinski definition) is 5. The van der Waals surface area contributed by atoms with Crippen LogP contribution in [-0.2, 0) is 20.9 Å². The van der Waals surface area contributed by atoms with E-state index in [0.29, 0.717) is 11.3 Å². The van der Waals surface area contributed by atoms with E-state index in [9.17, 15) is 9.59 Å². The lowest BCUT2D eigenvalue weighted by atomic mass is 9.98. The van der Waals surface area contributed by atoms with Crippen molar-refractivity contribution >= 4 is 18.1 Å². The lowest BCUT2D eigenvalue weighted by Crippen LogP contribution is -2.44. The summed E-state index contributed by atoms with van der Waals surface area (Å²) in [6.07, 6.45) is -1.13. The third kappa shape index (κ3) is 7.70. The Morgan fingerprint density at radius 1 is 1.10 bits per heavy atom. The highest BCUT2D eigenvalue weighted by atomic mass is 16.6. The van der Waals surface area contributed by atoms with Crippen LogP contribution in [0.2, 0.25) is 0 Å². The molecule has 0 bridgehead atoms. The van der Waals surface area contributed by atoms with E-state index >= 15 is 0 Å². The highest BCUT2D eigenvalue weighted by Crippen LogP contribution is 2.24. The molecule has 8 heteroatoms. The Morgan fingerprint density at radius 2 is 1.74 bits per heavy atom. The summed E-state index contributed by atoms with van der Waals surface area (Å²) in [4.78, 5) is 28.1. The average Bonchev–Trinajstić information content (AvgIpc) is 2.73. The maximum absolute atomic E-state index is 12.7. The van der Waals surface area contributed by atoms with Gasteiger partial charge < -0.3 is 25.1 Å². The second-order valence-corrected chi connectivity index (χ2v) is 7.76. The average molecular weight is 425 g/mol. The molecule has 164 valence electrons. The fourth-order valence-corrected chi connectivity index (χ4v) is 2.81. The summed E-state index contributed by atoms with van der Waals surface area (Å²) in [6.45, 7) is 5.32. The van der Waals surface area contributed by atoms with Gasteiger partial charge in [0.05, 0.1) is 19.8 Å². The van der Waals surface area contributed by atoms with Crippen molar-refractivity contribution in [1.29, 1.82) is 0 Å². The predicted octanol–water partition coefficient (Wildman–Crippen LogP) is 3.72. The molecule has 0 aliphatic heterocycles. The fraction of sp³-hybridized carbons (Fsp3) is 0.348. The molecule has 2 aromatic carbocycles. The standard InChI is InChI=1S/C23H27N3O5/c1-23(2,3)31-22(28)26-20(17-10-12-18(29-4)13-11-17)21(19(27)14-25-24)30-15-16-8-6-5-7-9-16/h5-14,20-21H,15H2,1-4H3,(H,26,28)/t20-,21-/m0/s1. The van der Waals surface area contributed by atoms with Crippen molar-refractivity contribution in [3.8, 4) is 5.75 Å². The molecule has 2 rings (SSSR count). The van der Waals surface area contributed by atoms with Gasteiger partial charge in [0.15, 0.2) is 6.10 Å². The zero-order valence-electron chi connectivity index (χ0n) is 18.1. The van der Waals surface area contributed by atoms with Gasteiger partial charge in [-0.2, -0.15) is 4.79 Å². The molecule has 0 aliphatic carbocycles. The summed E-state index contributed by atoms with van der Waals surface area (Å²) in [6, 6.07) is 15.2. The summed E-state index contributed by atoms with van der Waals surface area (Å²) in [5, 5.41) is 2.71. The zero-order valence-corrected chi connectivity index (χ0v) is 18.1. The molecule has 0 saturated carbocycles. The SMILES string of the molecule is COc1ccc([C@H](NC(=O)OC(C)(C)C)[C@@H](OCc2ccccc2)C(=O)C=[N+]=[N-])cc1. The van der Waals surface area contributed by atoms with Crippen LogP contribution in [0.15, 0.2) is 54.6 Å². The normalized spacial score (nSPS) is 12.8. The number of benzene rings is 2. The molecule has 0 fully saturated rings. The Kier molecular flexibility index (Phi) is 8.49. The first-order chi connectivity index (χ1) is 14.7. The number of ketones is 1. The number of methoxy groups -OCH3 is 1. The first kappa shape index (κ1) is 23.8. The van der Waals surface area contributed by atoms with Crippen LogP contribution in [0.1, 0.15) is 37.9 Å². The molecule has 1 amide bonds. The highest BCUT2D eigenvalue weighted by Gasteiger charge is 2.34. The molecule has 8 nitrogen and oxygen atoms in total. The van der Waals surface area contributed by atoms with Crippen molar-refractivity contribution in [2.45, 2.75) is 45.1 Å². The van der Waals surface area contributed by atoms with E-state index in [1.807, 2.05) is 30.3 Å². The summed E-state index contributed by atoms with van der Waals surface area (Å²) in [7, 11) is 1.54. The molecule has 0 unspecified atom stereocenters. The second kappa shape index (κ2) is 11.1. The van der Waals surface area contributed by atoms with Crippen molar-refractivity contribution in [2.75, 3.05) is 7.11 Å².